The Labute approximate surface area is 188 Å². The Morgan fingerprint density at radius 3 is 2.38 bits per heavy atom. The number of hydrogen-bond acceptors (Lipinski definition) is 3. The van der Waals surface area contributed by atoms with Crippen LogP contribution >= 0.6 is 11.8 Å². The van der Waals surface area contributed by atoms with Crippen molar-refractivity contribution >= 4 is 23.3 Å². The molecule has 3 aromatic rings. The van der Waals surface area contributed by atoms with Crippen molar-refractivity contribution in [2.45, 2.75) is 18.0 Å². The fourth-order valence-corrected chi connectivity index (χ4v) is 3.98. The fourth-order valence-electron chi connectivity index (χ4n) is 3.12. The van der Waals surface area contributed by atoms with E-state index in [-0.39, 0.29) is 0 Å². The van der Waals surface area contributed by atoms with E-state index in [9.17, 15) is 18.0 Å². The highest BCUT2D eigenvalue weighted by molar-refractivity contribution is 7.99. The number of alkyl halides is 3. The highest BCUT2D eigenvalue weighted by Crippen LogP contribution is 2.33. The van der Waals surface area contributed by atoms with E-state index in [1.165, 1.54) is 23.9 Å². The van der Waals surface area contributed by atoms with Gasteiger partial charge < -0.3 is 9.84 Å². The predicted octanol–water partition coefficient (Wildman–Crippen LogP) is 6.70. The molecule has 0 amide bonds. The van der Waals surface area contributed by atoms with Crippen LogP contribution in [0.3, 0.4) is 0 Å². The molecular weight excluding hydrogens is 437 g/mol. The number of benzene rings is 3. The topological polar surface area (TPSA) is 46.5 Å². The molecule has 0 saturated heterocycles. The Morgan fingerprint density at radius 1 is 1.00 bits per heavy atom. The lowest BCUT2D eigenvalue weighted by molar-refractivity contribution is -0.139. The van der Waals surface area contributed by atoms with Gasteiger partial charge in [-0.3, -0.25) is 0 Å². The number of ether oxygens (including phenoxy) is 1. The largest absolute Gasteiger partial charge is 0.482 e. The van der Waals surface area contributed by atoms with E-state index >= 15 is 0 Å². The van der Waals surface area contributed by atoms with Crippen molar-refractivity contribution in [3.63, 3.8) is 0 Å². The van der Waals surface area contributed by atoms with Crippen molar-refractivity contribution < 1.29 is 27.8 Å². The van der Waals surface area contributed by atoms with E-state index in [0.717, 1.165) is 27.7 Å². The van der Waals surface area contributed by atoms with Gasteiger partial charge in [0.25, 0.3) is 0 Å². The van der Waals surface area contributed by atoms with Crippen LogP contribution < -0.4 is 4.74 Å². The van der Waals surface area contributed by atoms with Gasteiger partial charge in [0.15, 0.2) is 6.61 Å². The van der Waals surface area contributed by atoms with Gasteiger partial charge in [0.2, 0.25) is 0 Å². The summed E-state index contributed by atoms with van der Waals surface area (Å²) in [6.07, 6.45) is -2.49. The zero-order valence-electron chi connectivity index (χ0n) is 17.2. The first kappa shape index (κ1) is 23.5. The third-order valence-electron chi connectivity index (χ3n) is 4.62. The maximum Gasteiger partial charge on any atom is 0.416 e. The van der Waals surface area contributed by atoms with Crippen LogP contribution in [0.2, 0.25) is 0 Å². The van der Waals surface area contributed by atoms with E-state index in [0.29, 0.717) is 17.1 Å². The normalized spacial score (nSPS) is 11.9. The van der Waals surface area contributed by atoms with Gasteiger partial charge in [0.05, 0.1) is 5.56 Å². The first-order valence-electron chi connectivity index (χ1n) is 9.75. The van der Waals surface area contributed by atoms with Gasteiger partial charge in [-0.2, -0.15) is 13.2 Å². The zero-order chi connectivity index (χ0) is 23.1. The summed E-state index contributed by atoms with van der Waals surface area (Å²) >= 11 is 1.52. The molecule has 0 aliphatic heterocycles. The van der Waals surface area contributed by atoms with E-state index in [2.05, 4.69) is 0 Å². The Bertz CT molecular complexity index is 1110. The minimum atomic E-state index is -4.41. The standard InChI is InChI=1S/C25H21F3O3S/c1-17-14-21(10-11-23(17)31-16-24(29)30)32-13-12-22(18-6-3-2-4-7-18)19-8-5-9-20(15-19)25(26,27)28/h2-12,14-15H,13,16H2,1H3,(H,29,30). The lowest BCUT2D eigenvalue weighted by atomic mass is 9.96. The second kappa shape index (κ2) is 10.4. The molecular formula is C25H21F3O3S. The second-order valence-electron chi connectivity index (χ2n) is 6.98. The molecule has 0 aliphatic rings. The van der Waals surface area contributed by atoms with Gasteiger partial charge in [-0.15, -0.1) is 11.8 Å². The minimum Gasteiger partial charge on any atom is -0.482 e. The summed E-state index contributed by atoms with van der Waals surface area (Å²) in [7, 11) is 0. The average Bonchev–Trinajstić information content (AvgIpc) is 2.76. The first-order chi connectivity index (χ1) is 15.2. The number of carbonyl (C=O) groups is 1. The van der Waals surface area contributed by atoms with E-state index in [1.807, 2.05) is 55.5 Å². The summed E-state index contributed by atoms with van der Waals surface area (Å²) in [5.41, 5.74) is 2.18. The molecule has 0 unspecified atom stereocenters. The zero-order valence-corrected chi connectivity index (χ0v) is 18.0. The smallest absolute Gasteiger partial charge is 0.416 e. The number of aryl methyl sites for hydroxylation is 1. The molecule has 0 aliphatic carbocycles. The molecule has 0 aromatic heterocycles. The summed E-state index contributed by atoms with van der Waals surface area (Å²) in [5.74, 6) is -0.00726. The van der Waals surface area contributed by atoms with Crippen LogP contribution in [-0.4, -0.2) is 23.4 Å². The molecule has 0 saturated carbocycles. The van der Waals surface area contributed by atoms with Crippen LogP contribution in [0.25, 0.3) is 5.57 Å². The molecule has 0 fully saturated rings. The Kier molecular flexibility index (Phi) is 7.64. The van der Waals surface area contributed by atoms with Crippen molar-refractivity contribution in [1.82, 2.24) is 0 Å². The highest BCUT2D eigenvalue weighted by atomic mass is 32.2. The number of halogens is 3. The maximum atomic E-state index is 13.2. The Hall–Kier alpha value is -3.19. The summed E-state index contributed by atoms with van der Waals surface area (Å²) in [6.45, 7) is 1.42. The third kappa shape index (κ3) is 6.40. The van der Waals surface area contributed by atoms with Gasteiger partial charge in [0.1, 0.15) is 5.75 Å². The van der Waals surface area contributed by atoms with E-state index in [4.69, 9.17) is 9.84 Å². The quantitative estimate of drug-likeness (QED) is 0.382. The predicted molar refractivity (Wildman–Crippen MR) is 120 cm³/mol. The molecule has 3 nitrogen and oxygen atoms in total. The van der Waals surface area contributed by atoms with Crippen molar-refractivity contribution in [2.24, 2.45) is 0 Å². The van der Waals surface area contributed by atoms with Gasteiger partial charge in [0, 0.05) is 10.6 Å². The minimum absolute atomic E-state index is 0.409. The van der Waals surface area contributed by atoms with Crippen LogP contribution in [-0.2, 0) is 11.0 Å². The molecule has 1 N–H and O–H groups in total. The molecule has 32 heavy (non-hydrogen) atoms. The Morgan fingerprint density at radius 2 is 1.72 bits per heavy atom. The summed E-state index contributed by atoms with van der Waals surface area (Å²) in [6, 6.07) is 20.1. The molecule has 3 rings (SSSR count). The monoisotopic (exact) mass is 458 g/mol. The van der Waals surface area contributed by atoms with Gasteiger partial charge >= 0.3 is 12.1 Å². The highest BCUT2D eigenvalue weighted by Gasteiger charge is 2.30. The van der Waals surface area contributed by atoms with Gasteiger partial charge in [-0.05, 0) is 59.5 Å². The number of carboxylic acids is 1. The first-order valence-corrected chi connectivity index (χ1v) is 10.7. The molecule has 166 valence electrons. The summed E-state index contributed by atoms with van der Waals surface area (Å²) in [5, 5.41) is 8.74. The molecule has 0 radical (unpaired) electrons. The van der Waals surface area contributed by atoms with E-state index in [1.54, 1.807) is 12.1 Å². The van der Waals surface area contributed by atoms with Gasteiger partial charge in [-0.25, -0.2) is 4.79 Å². The fraction of sp³-hybridized carbons (Fsp3) is 0.160. The van der Waals surface area contributed by atoms with Crippen molar-refractivity contribution in [3.05, 3.63) is 101 Å². The molecule has 3 aromatic carbocycles. The summed E-state index contributed by atoms with van der Waals surface area (Å²) < 4.78 is 44.9. The average molecular weight is 459 g/mol. The molecule has 0 atom stereocenters. The van der Waals surface area contributed by atoms with Crippen LogP contribution in [0, 0.1) is 6.92 Å². The second-order valence-corrected chi connectivity index (χ2v) is 8.08. The number of hydrogen-bond donors (Lipinski definition) is 1. The van der Waals surface area contributed by atoms with Crippen molar-refractivity contribution in [3.8, 4) is 5.75 Å². The van der Waals surface area contributed by atoms with Gasteiger partial charge in [-0.1, -0.05) is 48.5 Å². The van der Waals surface area contributed by atoms with Crippen LogP contribution in [0.5, 0.6) is 5.75 Å². The number of carboxylic acid groups (broad SMARTS) is 1. The molecule has 0 heterocycles. The molecule has 0 spiro atoms. The van der Waals surface area contributed by atoms with Crippen molar-refractivity contribution in [2.75, 3.05) is 12.4 Å². The van der Waals surface area contributed by atoms with Crippen LogP contribution in [0.1, 0.15) is 22.3 Å². The van der Waals surface area contributed by atoms with E-state index < -0.39 is 24.3 Å². The third-order valence-corrected chi connectivity index (χ3v) is 5.54. The number of aliphatic carboxylic acids is 1. The number of rotatable bonds is 8. The van der Waals surface area contributed by atoms with Crippen LogP contribution in [0.15, 0.2) is 83.8 Å². The molecule has 7 heteroatoms. The van der Waals surface area contributed by atoms with Crippen molar-refractivity contribution in [1.29, 1.82) is 0 Å². The SMILES string of the molecule is Cc1cc(SCC=C(c2ccccc2)c2cccc(C(F)(F)F)c2)ccc1OCC(=O)O. The molecule has 0 bridgehead atoms. The Balaban J connectivity index is 1.82. The summed E-state index contributed by atoms with van der Waals surface area (Å²) in [4.78, 5) is 11.6. The maximum absolute atomic E-state index is 13.2. The van der Waals surface area contributed by atoms with Crippen LogP contribution in [0.4, 0.5) is 13.2 Å². The lowest BCUT2D eigenvalue weighted by Gasteiger charge is -2.13. The lowest BCUT2D eigenvalue weighted by Crippen LogP contribution is -2.09. The number of thioether (sulfide) groups is 1.